The number of aryl methyl sites for hydroxylation is 1. The van der Waals surface area contributed by atoms with Crippen LogP contribution in [-0.4, -0.2) is 29.3 Å². The Morgan fingerprint density at radius 1 is 1.53 bits per heavy atom. The fourth-order valence-corrected chi connectivity index (χ4v) is 1.79. The lowest BCUT2D eigenvalue weighted by Gasteiger charge is -2.07. The van der Waals surface area contributed by atoms with Gasteiger partial charge in [-0.3, -0.25) is 4.79 Å². The molecule has 0 spiro atoms. The lowest BCUT2D eigenvalue weighted by molar-refractivity contribution is -0.139. The van der Waals surface area contributed by atoms with Crippen molar-refractivity contribution in [1.82, 2.24) is 9.97 Å². The number of aromatic nitrogens is 2. The summed E-state index contributed by atoms with van der Waals surface area (Å²) in [6, 6.07) is 0. The summed E-state index contributed by atoms with van der Waals surface area (Å²) in [5.74, 6) is -0.347. The molecule has 0 aliphatic rings. The number of carbonyl (C=O) groups excluding carboxylic acids is 1. The molecule has 0 bridgehead atoms. The maximum atomic E-state index is 11.1. The molecule has 0 aliphatic heterocycles. The highest BCUT2D eigenvalue weighted by Gasteiger charge is 2.13. The van der Waals surface area contributed by atoms with Crippen molar-refractivity contribution in [2.24, 2.45) is 0 Å². The van der Waals surface area contributed by atoms with E-state index in [1.807, 2.05) is 6.26 Å². The largest absolute Gasteiger partial charge is 0.469 e. The zero-order valence-corrected chi connectivity index (χ0v) is 10.3. The summed E-state index contributed by atoms with van der Waals surface area (Å²) in [5.41, 5.74) is 1.34. The van der Waals surface area contributed by atoms with Gasteiger partial charge >= 0.3 is 5.97 Å². The van der Waals surface area contributed by atoms with Gasteiger partial charge in [-0.05, 0) is 13.2 Å². The molecule has 0 aromatic carbocycles. The van der Waals surface area contributed by atoms with Gasteiger partial charge in [0.1, 0.15) is 5.15 Å². The van der Waals surface area contributed by atoms with E-state index in [9.17, 15) is 4.79 Å². The molecule has 0 saturated carbocycles. The number of hydrogen-bond acceptors (Lipinski definition) is 5. The number of methoxy groups -OCH3 is 1. The number of halogens is 1. The molecule has 15 heavy (non-hydrogen) atoms. The molecule has 0 aliphatic carbocycles. The van der Waals surface area contributed by atoms with Crippen LogP contribution in [0.5, 0.6) is 0 Å². The number of hydrogen-bond donors (Lipinski definition) is 0. The third-order valence-corrected chi connectivity index (χ3v) is 2.73. The molecule has 0 fully saturated rings. The highest BCUT2D eigenvalue weighted by atomic mass is 35.5. The summed E-state index contributed by atoms with van der Waals surface area (Å²) < 4.78 is 4.56. The van der Waals surface area contributed by atoms with Gasteiger partial charge in [0.25, 0.3) is 0 Å². The lowest BCUT2D eigenvalue weighted by Crippen LogP contribution is -2.08. The summed E-state index contributed by atoms with van der Waals surface area (Å²) in [4.78, 5) is 19.3. The standard InChI is InChI=1S/C9H11ClN2O2S/c1-5-6(4-7(13)14-2)8(10)12-9(11-5)15-3/h4H2,1-3H3. The Kier molecular flexibility index (Phi) is 4.35. The van der Waals surface area contributed by atoms with Crippen LogP contribution >= 0.6 is 23.4 Å². The smallest absolute Gasteiger partial charge is 0.310 e. The average Bonchev–Trinajstić information content (AvgIpc) is 2.22. The molecule has 1 aromatic heterocycles. The SMILES string of the molecule is COC(=O)Cc1c(C)nc(SC)nc1Cl. The Balaban J connectivity index is 3.03. The van der Waals surface area contributed by atoms with Crippen molar-refractivity contribution in [3.05, 3.63) is 16.4 Å². The van der Waals surface area contributed by atoms with Crippen molar-refractivity contribution in [2.45, 2.75) is 18.5 Å². The van der Waals surface area contributed by atoms with Crippen LogP contribution in [0.25, 0.3) is 0 Å². The first-order valence-corrected chi connectivity index (χ1v) is 5.82. The van der Waals surface area contributed by atoms with Gasteiger partial charge in [0.15, 0.2) is 5.16 Å². The van der Waals surface area contributed by atoms with Crippen LogP contribution in [-0.2, 0) is 16.0 Å². The molecular formula is C9H11ClN2O2S. The van der Waals surface area contributed by atoms with E-state index < -0.39 is 0 Å². The molecule has 0 saturated heterocycles. The van der Waals surface area contributed by atoms with Gasteiger partial charge in [0.05, 0.1) is 13.5 Å². The van der Waals surface area contributed by atoms with E-state index in [1.165, 1.54) is 18.9 Å². The number of thioether (sulfide) groups is 1. The molecule has 1 aromatic rings. The molecule has 1 rings (SSSR count). The van der Waals surface area contributed by atoms with Crippen molar-refractivity contribution in [3.8, 4) is 0 Å². The molecule has 82 valence electrons. The molecule has 0 radical (unpaired) electrons. The Hall–Kier alpha value is -0.810. The highest BCUT2D eigenvalue weighted by molar-refractivity contribution is 7.98. The van der Waals surface area contributed by atoms with Gasteiger partial charge < -0.3 is 4.74 Å². The summed E-state index contributed by atoms with van der Waals surface area (Å²) in [6.45, 7) is 1.80. The van der Waals surface area contributed by atoms with Crippen LogP contribution in [0.2, 0.25) is 5.15 Å². The number of carbonyl (C=O) groups is 1. The maximum absolute atomic E-state index is 11.1. The molecule has 6 heteroatoms. The van der Waals surface area contributed by atoms with E-state index in [4.69, 9.17) is 11.6 Å². The zero-order chi connectivity index (χ0) is 11.4. The van der Waals surface area contributed by atoms with Crippen LogP contribution < -0.4 is 0 Å². The second-order valence-corrected chi connectivity index (χ2v) is 3.95. The molecular weight excluding hydrogens is 236 g/mol. The number of esters is 1. The predicted octanol–water partition coefficient (Wildman–Crippen LogP) is 1.88. The van der Waals surface area contributed by atoms with Crippen LogP contribution in [0.15, 0.2) is 5.16 Å². The summed E-state index contributed by atoms with van der Waals surface area (Å²) in [6.07, 6.45) is 1.97. The van der Waals surface area contributed by atoms with E-state index in [1.54, 1.807) is 6.92 Å². The molecule has 0 N–H and O–H groups in total. The van der Waals surface area contributed by atoms with E-state index in [0.717, 1.165) is 0 Å². The maximum Gasteiger partial charge on any atom is 0.310 e. The third kappa shape index (κ3) is 3.07. The van der Waals surface area contributed by atoms with Crippen LogP contribution in [0, 0.1) is 6.92 Å². The van der Waals surface area contributed by atoms with E-state index in [2.05, 4.69) is 14.7 Å². The normalized spacial score (nSPS) is 10.1. The first kappa shape index (κ1) is 12.3. The number of rotatable bonds is 3. The first-order valence-electron chi connectivity index (χ1n) is 4.22. The minimum absolute atomic E-state index is 0.107. The van der Waals surface area contributed by atoms with Crippen molar-refractivity contribution < 1.29 is 9.53 Å². The summed E-state index contributed by atoms with van der Waals surface area (Å²) >= 11 is 7.35. The van der Waals surface area contributed by atoms with E-state index >= 15 is 0 Å². The van der Waals surface area contributed by atoms with Crippen molar-refractivity contribution in [1.29, 1.82) is 0 Å². The van der Waals surface area contributed by atoms with Crippen molar-refractivity contribution in [3.63, 3.8) is 0 Å². The van der Waals surface area contributed by atoms with Crippen LogP contribution in [0.1, 0.15) is 11.3 Å². The van der Waals surface area contributed by atoms with Crippen molar-refractivity contribution in [2.75, 3.05) is 13.4 Å². The third-order valence-electron chi connectivity index (χ3n) is 1.87. The Morgan fingerprint density at radius 3 is 2.67 bits per heavy atom. The van der Waals surface area contributed by atoms with Crippen LogP contribution in [0.4, 0.5) is 0 Å². The molecule has 4 nitrogen and oxygen atoms in total. The monoisotopic (exact) mass is 246 g/mol. The molecule has 0 atom stereocenters. The van der Waals surface area contributed by atoms with Gasteiger partial charge in [-0.15, -0.1) is 0 Å². The van der Waals surface area contributed by atoms with Crippen molar-refractivity contribution >= 4 is 29.3 Å². The van der Waals surface area contributed by atoms with Gasteiger partial charge in [0, 0.05) is 11.3 Å². The van der Waals surface area contributed by atoms with Gasteiger partial charge in [0.2, 0.25) is 0 Å². The highest BCUT2D eigenvalue weighted by Crippen LogP contribution is 2.20. The van der Waals surface area contributed by atoms with Gasteiger partial charge in [-0.1, -0.05) is 23.4 Å². The minimum atomic E-state index is -0.347. The second-order valence-electron chi connectivity index (χ2n) is 2.82. The molecule has 1 heterocycles. The Bertz CT molecular complexity index is 361. The topological polar surface area (TPSA) is 52.1 Å². The lowest BCUT2D eigenvalue weighted by atomic mass is 10.2. The van der Waals surface area contributed by atoms with Gasteiger partial charge in [-0.25, -0.2) is 9.97 Å². The summed E-state index contributed by atoms with van der Waals surface area (Å²) in [5, 5.41) is 0.920. The quantitative estimate of drug-likeness (QED) is 0.353. The number of ether oxygens (including phenoxy) is 1. The summed E-state index contributed by atoms with van der Waals surface area (Å²) in [7, 11) is 1.34. The molecule has 0 amide bonds. The van der Waals surface area contributed by atoms with E-state index in [0.29, 0.717) is 21.6 Å². The Labute approximate surface area is 97.4 Å². The molecule has 0 unspecified atom stereocenters. The fourth-order valence-electron chi connectivity index (χ4n) is 1.05. The second kappa shape index (κ2) is 5.32. The minimum Gasteiger partial charge on any atom is -0.469 e. The predicted molar refractivity (Wildman–Crippen MR) is 59.3 cm³/mol. The van der Waals surface area contributed by atoms with E-state index in [-0.39, 0.29) is 12.4 Å². The zero-order valence-electron chi connectivity index (χ0n) is 8.70. The van der Waals surface area contributed by atoms with Gasteiger partial charge in [-0.2, -0.15) is 0 Å². The Morgan fingerprint density at radius 2 is 2.20 bits per heavy atom. The number of nitrogens with zero attached hydrogens (tertiary/aromatic N) is 2. The average molecular weight is 247 g/mol. The fraction of sp³-hybridized carbons (Fsp3) is 0.444. The first-order chi connectivity index (χ1) is 7.08. The van der Waals surface area contributed by atoms with Crippen LogP contribution in [0.3, 0.4) is 0 Å².